The van der Waals surface area contributed by atoms with Crippen molar-refractivity contribution in [1.29, 1.82) is 0 Å². The number of carboxylic acids is 1. The van der Waals surface area contributed by atoms with Gasteiger partial charge in [0.25, 0.3) is 0 Å². The molecule has 3 N–H and O–H groups in total. The molecular weight excluding hydrogens is 306 g/mol. The average Bonchev–Trinajstić information content (AvgIpc) is 2.72. The molecule has 9 heteroatoms. The summed E-state index contributed by atoms with van der Waals surface area (Å²) >= 11 is 0. The molecule has 0 spiro atoms. The number of carbonyl (C=O) groups excluding carboxylic acids is 1. The van der Waals surface area contributed by atoms with Gasteiger partial charge in [-0.1, -0.05) is 5.16 Å². The normalized spacial score (nSPS) is 14.3. The summed E-state index contributed by atoms with van der Waals surface area (Å²) in [5, 5.41) is 12.8. The molecule has 0 aliphatic carbocycles. The Bertz CT molecular complexity index is 627. The summed E-state index contributed by atoms with van der Waals surface area (Å²) in [6.07, 6.45) is 0.659. The Balaban J connectivity index is 2.65. The fourth-order valence-electron chi connectivity index (χ4n) is 1.93. The molecule has 9 nitrogen and oxygen atoms in total. The highest BCUT2D eigenvalue weighted by Gasteiger charge is 2.44. The van der Waals surface area contributed by atoms with E-state index in [4.69, 9.17) is 10.5 Å². The summed E-state index contributed by atoms with van der Waals surface area (Å²) in [5.74, 6) is -2.56. The predicted octanol–water partition coefficient (Wildman–Crippen LogP) is 0.439. The fraction of sp³-hybridized carbons (Fsp3) is 0.714. The molecule has 1 unspecified atom stereocenters. The van der Waals surface area contributed by atoms with E-state index >= 15 is 0 Å². The third kappa shape index (κ3) is 4.92. The summed E-state index contributed by atoms with van der Waals surface area (Å²) < 4.78 is 10.9. The van der Waals surface area contributed by atoms with E-state index in [1.807, 2.05) is 0 Å². The molecule has 1 aromatic rings. The summed E-state index contributed by atoms with van der Waals surface area (Å²) in [7, 11) is 0. The topological polar surface area (TPSA) is 138 Å². The molecule has 1 rings (SSSR count). The molecule has 0 amide bonds. The SMILES string of the molecule is Cc1noc(=O)n1CCCCC(N)(C(=O)O)C(=O)OC(C)(C)C. The molecule has 0 saturated heterocycles. The molecule has 1 atom stereocenters. The number of hydrogen-bond acceptors (Lipinski definition) is 7. The minimum absolute atomic E-state index is 0.101. The molecule has 1 aromatic heterocycles. The Kier molecular flexibility index (Phi) is 5.70. The number of unbranched alkanes of at least 4 members (excludes halogenated alkanes) is 1. The van der Waals surface area contributed by atoms with Gasteiger partial charge in [0.15, 0.2) is 5.82 Å². The Morgan fingerprint density at radius 1 is 1.35 bits per heavy atom. The number of ether oxygens (including phenoxy) is 1. The number of aromatic nitrogens is 2. The van der Waals surface area contributed by atoms with Gasteiger partial charge in [0.2, 0.25) is 5.54 Å². The largest absolute Gasteiger partial charge is 0.479 e. The maximum Gasteiger partial charge on any atom is 0.441 e. The van der Waals surface area contributed by atoms with Crippen molar-refractivity contribution in [3.05, 3.63) is 16.4 Å². The summed E-state index contributed by atoms with van der Waals surface area (Å²) in [6, 6.07) is 0. The van der Waals surface area contributed by atoms with Crippen LogP contribution >= 0.6 is 0 Å². The second-order valence-corrected chi connectivity index (χ2v) is 6.38. The van der Waals surface area contributed by atoms with Crippen LogP contribution in [0.1, 0.15) is 45.9 Å². The first-order chi connectivity index (χ1) is 10.5. The third-order valence-corrected chi connectivity index (χ3v) is 3.21. The van der Waals surface area contributed by atoms with Crippen LogP contribution in [0.2, 0.25) is 0 Å². The van der Waals surface area contributed by atoms with Crippen molar-refractivity contribution in [2.24, 2.45) is 5.73 Å². The standard InChI is InChI=1S/C14H23N3O6/c1-9-16-23-12(21)17(9)8-6-5-7-14(15,10(18)19)11(20)22-13(2,3)4/h5-8,15H2,1-4H3,(H,18,19). The number of rotatable bonds is 7. The zero-order valence-corrected chi connectivity index (χ0v) is 13.8. The molecular formula is C14H23N3O6. The lowest BCUT2D eigenvalue weighted by molar-refractivity contribution is -0.169. The fourth-order valence-corrected chi connectivity index (χ4v) is 1.93. The van der Waals surface area contributed by atoms with E-state index in [1.54, 1.807) is 27.7 Å². The van der Waals surface area contributed by atoms with Crippen molar-refractivity contribution in [1.82, 2.24) is 9.72 Å². The minimum Gasteiger partial charge on any atom is -0.479 e. The van der Waals surface area contributed by atoms with Crippen LogP contribution < -0.4 is 11.5 Å². The number of nitrogens with zero attached hydrogens (tertiary/aromatic N) is 2. The number of carbonyl (C=O) groups is 2. The number of carboxylic acid groups (broad SMARTS) is 1. The highest BCUT2D eigenvalue weighted by Crippen LogP contribution is 2.19. The van der Waals surface area contributed by atoms with Crippen LogP contribution in [-0.2, 0) is 20.9 Å². The Hall–Kier alpha value is -2.16. The van der Waals surface area contributed by atoms with E-state index in [9.17, 15) is 19.5 Å². The molecule has 130 valence electrons. The van der Waals surface area contributed by atoms with E-state index in [2.05, 4.69) is 9.68 Å². The van der Waals surface area contributed by atoms with Crippen molar-refractivity contribution >= 4 is 11.9 Å². The van der Waals surface area contributed by atoms with Gasteiger partial charge in [-0.3, -0.25) is 9.09 Å². The Labute approximate surface area is 133 Å². The highest BCUT2D eigenvalue weighted by atomic mass is 16.6. The van der Waals surface area contributed by atoms with Gasteiger partial charge in [0.05, 0.1) is 0 Å². The number of aliphatic carboxylic acids is 1. The second-order valence-electron chi connectivity index (χ2n) is 6.38. The smallest absolute Gasteiger partial charge is 0.441 e. The van der Waals surface area contributed by atoms with Crippen molar-refractivity contribution in [2.75, 3.05) is 0 Å². The molecule has 1 heterocycles. The molecule has 0 saturated carbocycles. The predicted molar refractivity (Wildman–Crippen MR) is 79.8 cm³/mol. The number of esters is 1. The van der Waals surface area contributed by atoms with Crippen molar-refractivity contribution in [3.63, 3.8) is 0 Å². The molecule has 0 bridgehead atoms. The third-order valence-electron chi connectivity index (χ3n) is 3.21. The van der Waals surface area contributed by atoms with Crippen LogP contribution in [0.4, 0.5) is 0 Å². The maximum absolute atomic E-state index is 12.0. The molecule has 0 aliphatic rings. The zero-order valence-electron chi connectivity index (χ0n) is 13.8. The lowest BCUT2D eigenvalue weighted by atomic mass is 9.93. The van der Waals surface area contributed by atoms with Gasteiger partial charge in [-0.05, 0) is 47.0 Å². The second kappa shape index (κ2) is 6.95. The van der Waals surface area contributed by atoms with E-state index in [-0.39, 0.29) is 6.42 Å². The van der Waals surface area contributed by atoms with Gasteiger partial charge >= 0.3 is 17.7 Å². The highest BCUT2D eigenvalue weighted by molar-refractivity contribution is 6.03. The van der Waals surface area contributed by atoms with E-state index < -0.39 is 28.8 Å². The van der Waals surface area contributed by atoms with Crippen LogP contribution in [0.15, 0.2) is 9.32 Å². The van der Waals surface area contributed by atoms with Gasteiger partial charge in [-0.15, -0.1) is 0 Å². The first kappa shape index (κ1) is 18.9. The molecule has 0 aliphatic heterocycles. The molecule has 0 fully saturated rings. The van der Waals surface area contributed by atoms with Crippen molar-refractivity contribution < 1.29 is 24.0 Å². The molecule has 0 radical (unpaired) electrons. The Morgan fingerprint density at radius 3 is 2.39 bits per heavy atom. The van der Waals surface area contributed by atoms with Gasteiger partial charge in [0.1, 0.15) is 5.60 Å². The monoisotopic (exact) mass is 329 g/mol. The Morgan fingerprint density at radius 2 is 1.96 bits per heavy atom. The number of nitrogens with two attached hydrogens (primary N) is 1. The number of aryl methyl sites for hydroxylation is 1. The van der Waals surface area contributed by atoms with Crippen LogP contribution in [0, 0.1) is 6.92 Å². The van der Waals surface area contributed by atoms with E-state index in [1.165, 1.54) is 4.57 Å². The maximum atomic E-state index is 12.0. The first-order valence-electron chi connectivity index (χ1n) is 7.26. The van der Waals surface area contributed by atoms with Crippen LogP contribution in [0.25, 0.3) is 0 Å². The minimum atomic E-state index is -2.11. The van der Waals surface area contributed by atoms with Gasteiger partial charge in [-0.2, -0.15) is 0 Å². The van der Waals surface area contributed by atoms with Gasteiger partial charge in [-0.25, -0.2) is 14.4 Å². The van der Waals surface area contributed by atoms with Crippen LogP contribution in [-0.4, -0.2) is 37.9 Å². The molecule has 23 heavy (non-hydrogen) atoms. The van der Waals surface area contributed by atoms with Crippen molar-refractivity contribution in [2.45, 2.75) is 64.6 Å². The zero-order chi connectivity index (χ0) is 17.8. The summed E-state index contributed by atoms with van der Waals surface area (Å²) in [4.78, 5) is 34.8. The summed E-state index contributed by atoms with van der Waals surface area (Å²) in [5.41, 5.74) is 2.80. The van der Waals surface area contributed by atoms with Gasteiger partial charge in [0, 0.05) is 6.54 Å². The van der Waals surface area contributed by atoms with Gasteiger partial charge < -0.3 is 15.6 Å². The number of hydrogen-bond donors (Lipinski definition) is 2. The summed E-state index contributed by atoms with van der Waals surface area (Å²) in [6.45, 7) is 6.82. The van der Waals surface area contributed by atoms with Crippen LogP contribution in [0.5, 0.6) is 0 Å². The lowest BCUT2D eigenvalue weighted by Gasteiger charge is -2.28. The first-order valence-corrected chi connectivity index (χ1v) is 7.26. The quantitative estimate of drug-likeness (QED) is 0.417. The molecule has 0 aromatic carbocycles. The van der Waals surface area contributed by atoms with Crippen molar-refractivity contribution in [3.8, 4) is 0 Å². The average molecular weight is 329 g/mol. The van der Waals surface area contributed by atoms with E-state index in [0.717, 1.165) is 0 Å². The van der Waals surface area contributed by atoms with E-state index in [0.29, 0.717) is 25.2 Å². The lowest BCUT2D eigenvalue weighted by Crippen LogP contribution is -2.57. The van der Waals surface area contributed by atoms with Crippen LogP contribution in [0.3, 0.4) is 0 Å².